The topological polar surface area (TPSA) is 332 Å². The van der Waals surface area contributed by atoms with Gasteiger partial charge >= 0.3 is 0 Å². The van der Waals surface area contributed by atoms with E-state index in [9.17, 15) is 28.8 Å². The normalized spacial score (nSPS) is 17.9. The summed E-state index contributed by atoms with van der Waals surface area (Å²) in [5.74, 6) is -1.63. The summed E-state index contributed by atoms with van der Waals surface area (Å²) in [6.07, 6.45) is 0. The van der Waals surface area contributed by atoms with Gasteiger partial charge in [0.1, 0.15) is 18.1 Å². The number of hydrogen-bond donors (Lipinski definition) is 18. The molecule has 3 aliphatic rings. The van der Waals surface area contributed by atoms with Gasteiger partial charge in [-0.3, -0.25) is 48.4 Å². The molecule has 29 heteroatoms. The molecule has 0 spiro atoms. The number of halogens is 1. The maximum Gasteiger partial charge on any atom is 0.251 e. The number of likely N-dealkylation sites (N-methyl/N-ethyl adjacent to an activating group) is 3. The summed E-state index contributed by atoms with van der Waals surface area (Å²) in [6, 6.07) is 20.3. The SMILES string of the molecule is Br.CNC(=O)[C@H](CN1CCNCCNCCNCC1)NC(=O)c1ccc(CNCCN(CCNCc2ccc(C(=O)N[C@@H](CN3CCNCCNCCNCC3)C(=O)NC)cc2)CCNCc2ccc(C(=O)N[C@@H](CN3CCNCCNCCNCC3)C(=O)NC)cc2)cc1. The van der Waals surface area contributed by atoms with Gasteiger partial charge in [-0.2, -0.15) is 0 Å². The Hall–Kier alpha value is -5.68. The molecule has 0 saturated carbocycles. The number of carbonyl (C=O) groups is 6. The van der Waals surface area contributed by atoms with Crippen molar-refractivity contribution in [1.82, 2.24) is 115 Å². The zero-order valence-electron chi connectivity index (χ0n) is 56.8. The smallest absolute Gasteiger partial charge is 0.251 e. The molecule has 3 aliphatic heterocycles. The fourth-order valence-electron chi connectivity index (χ4n) is 11.2. The Kier molecular flexibility index (Phi) is 41.2. The van der Waals surface area contributed by atoms with Crippen LogP contribution < -0.4 is 95.7 Å². The Morgan fingerprint density at radius 1 is 0.347 bits per heavy atom. The summed E-state index contributed by atoms with van der Waals surface area (Å²) in [5, 5.41) is 58.9. The molecule has 0 bridgehead atoms. The summed E-state index contributed by atoms with van der Waals surface area (Å²) >= 11 is 0. The highest BCUT2D eigenvalue weighted by atomic mass is 79.9. The Labute approximate surface area is 574 Å². The van der Waals surface area contributed by atoms with Crippen LogP contribution in [0.25, 0.3) is 0 Å². The van der Waals surface area contributed by atoms with Crippen LogP contribution in [0.2, 0.25) is 0 Å². The standard InChI is InChI=1S/C66H114N22O6.BrH/c1-67-64(92)58(49-86-40-28-73-22-16-70-17-23-74-29-41-86)82-61(89)55-10-4-52(5-11-55)46-79-34-37-85(38-35-80-47-53-6-12-56(13-7-53)62(90)83-59(65(93)68-2)50-87-42-30-75-24-18-71-19-25-76-31-43-87)39-36-81-48-54-8-14-57(15-9-54)63(91)84-60(66(94)69-3)51-88-44-32-77-26-20-72-21-27-78-33-45-88;/h4-15,58-60,70-81H,16-51H2,1-3H3,(H,67,92)(H,68,93)(H,69,94)(H,82,89)(H,83,90)(H,84,91);1H/t58-,59-,60-;/m0./s1. The second kappa shape index (κ2) is 48.9. The number of amides is 6. The molecule has 18 N–H and O–H groups in total. The minimum Gasteiger partial charge on any atom is -0.357 e. The minimum absolute atomic E-state index is 0. The first-order chi connectivity index (χ1) is 46.0. The molecule has 532 valence electrons. The lowest BCUT2D eigenvalue weighted by molar-refractivity contribution is -0.123. The third-order valence-corrected chi connectivity index (χ3v) is 16.9. The van der Waals surface area contributed by atoms with Crippen molar-refractivity contribution < 1.29 is 28.8 Å². The minimum atomic E-state index is -0.722. The molecular weight excluding hydrogens is 1280 g/mol. The predicted octanol–water partition coefficient (Wildman–Crippen LogP) is -4.98. The van der Waals surface area contributed by atoms with Crippen LogP contribution in [0.1, 0.15) is 47.8 Å². The van der Waals surface area contributed by atoms with E-state index in [1.54, 1.807) is 57.5 Å². The molecule has 0 aliphatic carbocycles. The molecule has 3 heterocycles. The quantitative estimate of drug-likeness (QED) is 0.0278. The maximum atomic E-state index is 13.6. The second-order valence-corrected chi connectivity index (χ2v) is 24.0. The molecule has 95 heavy (non-hydrogen) atoms. The Balaban J connectivity index is 0.0000163. The Morgan fingerprint density at radius 3 is 0.768 bits per heavy atom. The lowest BCUT2D eigenvalue weighted by Gasteiger charge is -2.28. The first-order valence-electron chi connectivity index (χ1n) is 34.2. The molecule has 6 amide bonds. The van der Waals surface area contributed by atoms with Crippen molar-refractivity contribution in [1.29, 1.82) is 0 Å². The summed E-state index contributed by atoms with van der Waals surface area (Å²) in [4.78, 5) is 89.1. The molecule has 3 aromatic carbocycles. The van der Waals surface area contributed by atoms with E-state index in [-0.39, 0.29) is 52.4 Å². The van der Waals surface area contributed by atoms with Crippen molar-refractivity contribution in [3.63, 3.8) is 0 Å². The highest BCUT2D eigenvalue weighted by Crippen LogP contribution is 2.10. The van der Waals surface area contributed by atoms with Crippen molar-refractivity contribution in [2.24, 2.45) is 0 Å². The third kappa shape index (κ3) is 33.0. The first kappa shape index (κ1) is 80.0. The molecule has 28 nitrogen and oxygen atoms in total. The molecule has 3 aromatic rings. The molecular formula is C66H115BrN22O6. The monoisotopic (exact) mass is 1390 g/mol. The lowest BCUT2D eigenvalue weighted by Crippen LogP contribution is -2.53. The van der Waals surface area contributed by atoms with Crippen LogP contribution in [0.15, 0.2) is 72.8 Å². The molecule has 0 unspecified atom stereocenters. The van der Waals surface area contributed by atoms with Gasteiger partial charge in [-0.1, -0.05) is 36.4 Å². The van der Waals surface area contributed by atoms with Gasteiger partial charge in [-0.15, -0.1) is 17.0 Å². The van der Waals surface area contributed by atoms with Crippen molar-refractivity contribution in [3.8, 4) is 0 Å². The van der Waals surface area contributed by atoms with E-state index >= 15 is 0 Å². The second-order valence-electron chi connectivity index (χ2n) is 24.0. The largest absolute Gasteiger partial charge is 0.357 e. The van der Waals surface area contributed by atoms with Gasteiger partial charge in [0, 0.05) is 273 Å². The van der Waals surface area contributed by atoms with Gasteiger partial charge in [0.2, 0.25) is 17.7 Å². The number of rotatable bonds is 30. The van der Waals surface area contributed by atoms with Crippen molar-refractivity contribution in [2.75, 3.05) is 237 Å². The van der Waals surface area contributed by atoms with E-state index in [2.05, 4.69) is 115 Å². The third-order valence-electron chi connectivity index (χ3n) is 16.9. The average Bonchev–Trinajstić information content (AvgIpc) is 1.07. The summed E-state index contributed by atoms with van der Waals surface area (Å²) in [5.41, 5.74) is 4.51. The number of nitrogens with zero attached hydrogens (tertiary/aromatic N) is 4. The number of benzene rings is 3. The zero-order chi connectivity index (χ0) is 66.6. The predicted molar refractivity (Wildman–Crippen MR) is 382 cm³/mol. The Bertz CT molecular complexity index is 2300. The van der Waals surface area contributed by atoms with Gasteiger partial charge in [-0.25, -0.2) is 0 Å². The summed E-state index contributed by atoms with van der Waals surface area (Å²) < 4.78 is 0. The van der Waals surface area contributed by atoms with Gasteiger partial charge in [0.25, 0.3) is 17.7 Å². The van der Waals surface area contributed by atoms with Crippen LogP contribution in [0.4, 0.5) is 0 Å². The average molecular weight is 1390 g/mol. The number of nitrogens with one attached hydrogen (secondary N) is 18. The van der Waals surface area contributed by atoms with Crippen molar-refractivity contribution in [3.05, 3.63) is 106 Å². The highest BCUT2D eigenvalue weighted by Gasteiger charge is 2.27. The van der Waals surface area contributed by atoms with E-state index < -0.39 is 18.1 Å². The van der Waals surface area contributed by atoms with Gasteiger partial charge < -0.3 is 95.7 Å². The van der Waals surface area contributed by atoms with E-state index in [4.69, 9.17) is 0 Å². The van der Waals surface area contributed by atoms with Gasteiger partial charge in [-0.05, 0) is 53.1 Å². The molecule has 3 atom stereocenters. The fraction of sp³-hybridized carbons (Fsp3) is 0.636. The van der Waals surface area contributed by atoms with E-state index in [0.717, 1.165) is 193 Å². The van der Waals surface area contributed by atoms with Crippen LogP contribution in [-0.4, -0.2) is 310 Å². The maximum absolute atomic E-state index is 13.6. The molecule has 0 aromatic heterocycles. The molecule has 3 fully saturated rings. The molecule has 0 radical (unpaired) electrons. The zero-order valence-corrected chi connectivity index (χ0v) is 58.5. The lowest BCUT2D eigenvalue weighted by atomic mass is 10.1. The van der Waals surface area contributed by atoms with E-state index in [1.165, 1.54) is 0 Å². The summed E-state index contributed by atoms with van der Waals surface area (Å²) in [7, 11) is 4.78. The van der Waals surface area contributed by atoms with Crippen LogP contribution in [-0.2, 0) is 34.0 Å². The number of hydrogen-bond acceptors (Lipinski definition) is 22. The first-order valence-corrected chi connectivity index (χ1v) is 34.2. The van der Waals surface area contributed by atoms with Gasteiger partial charge in [0.15, 0.2) is 0 Å². The van der Waals surface area contributed by atoms with Crippen LogP contribution in [0, 0.1) is 0 Å². The van der Waals surface area contributed by atoms with Crippen LogP contribution in [0.5, 0.6) is 0 Å². The number of carbonyl (C=O) groups excluding carboxylic acids is 6. The van der Waals surface area contributed by atoms with Crippen LogP contribution >= 0.6 is 17.0 Å². The highest BCUT2D eigenvalue weighted by molar-refractivity contribution is 8.93. The van der Waals surface area contributed by atoms with Crippen LogP contribution in [0.3, 0.4) is 0 Å². The van der Waals surface area contributed by atoms with E-state index in [0.29, 0.717) is 75.6 Å². The molecule has 3 saturated heterocycles. The Morgan fingerprint density at radius 2 is 0.558 bits per heavy atom. The van der Waals surface area contributed by atoms with Gasteiger partial charge in [0.05, 0.1) is 0 Å². The fourth-order valence-corrected chi connectivity index (χ4v) is 11.2. The molecule has 6 rings (SSSR count). The van der Waals surface area contributed by atoms with E-state index in [1.807, 2.05) is 36.4 Å². The summed E-state index contributed by atoms with van der Waals surface area (Å²) in [6.45, 7) is 27.0. The van der Waals surface area contributed by atoms with Crippen molar-refractivity contribution in [2.45, 2.75) is 37.8 Å². The van der Waals surface area contributed by atoms with Crippen molar-refractivity contribution >= 4 is 52.4 Å².